The Labute approximate surface area is 297 Å². The van der Waals surface area contributed by atoms with Gasteiger partial charge in [-0.25, -0.2) is 0 Å². The molecule has 2 aliphatic rings. The number of esters is 2. The van der Waals surface area contributed by atoms with E-state index in [-0.39, 0.29) is 25.7 Å². The molecule has 0 aliphatic carbocycles. The van der Waals surface area contributed by atoms with E-state index in [9.17, 15) is 39.6 Å². The summed E-state index contributed by atoms with van der Waals surface area (Å²) < 4.78 is 11.5. The van der Waals surface area contributed by atoms with Gasteiger partial charge in [-0.1, -0.05) is 74.5 Å². The molecule has 2 heterocycles. The lowest BCUT2D eigenvalue weighted by molar-refractivity contribution is -0.181. The van der Waals surface area contributed by atoms with Gasteiger partial charge in [0.1, 0.15) is 12.2 Å². The Balaban J connectivity index is 1.33. The Morgan fingerprint density at radius 1 is 0.740 bits per heavy atom. The van der Waals surface area contributed by atoms with Gasteiger partial charge in [-0.2, -0.15) is 0 Å². The van der Waals surface area contributed by atoms with Crippen molar-refractivity contribution in [2.45, 2.75) is 112 Å². The molecule has 13 heteroatoms. The number of ether oxygens (including phenoxy) is 2. The van der Waals surface area contributed by atoms with Crippen molar-refractivity contribution < 1.29 is 49.1 Å². The topological polar surface area (TPSA) is 192 Å². The number of carboxylic acid groups (broad SMARTS) is 2. The molecule has 2 fully saturated rings. The first-order valence-electron chi connectivity index (χ1n) is 17.0. The smallest absolute Gasteiger partial charge is 0.309 e. The molecule has 6 N–H and O–H groups in total. The van der Waals surface area contributed by atoms with Crippen LogP contribution in [0.5, 0.6) is 0 Å². The van der Waals surface area contributed by atoms with Crippen LogP contribution in [-0.2, 0) is 39.5 Å². The molecule has 0 radical (unpaired) electrons. The number of hydrogen-bond acceptors (Lipinski definition) is 9. The van der Waals surface area contributed by atoms with Crippen molar-refractivity contribution in [3.8, 4) is 0 Å². The molecule has 6 unspecified atom stereocenters. The largest absolute Gasteiger partial charge is 0.481 e. The summed E-state index contributed by atoms with van der Waals surface area (Å²) in [5, 5.41) is 47.6. The minimum atomic E-state index is -1.69. The summed E-state index contributed by atoms with van der Waals surface area (Å²) in [6.07, 6.45) is -0.941. The molecule has 6 atom stereocenters. The number of carbonyl (C=O) groups excluding carboxylic acids is 2. The molecule has 272 valence electrons. The van der Waals surface area contributed by atoms with Gasteiger partial charge in [0.25, 0.3) is 0 Å². The highest BCUT2D eigenvalue weighted by molar-refractivity contribution is 7.80. The van der Waals surface area contributed by atoms with Crippen LogP contribution >= 0.6 is 12.2 Å². The molecule has 2 aromatic rings. The van der Waals surface area contributed by atoms with E-state index < -0.39 is 71.0 Å². The van der Waals surface area contributed by atoms with Crippen LogP contribution in [-0.4, -0.2) is 85.9 Å². The molecular weight excluding hydrogens is 664 g/mol. The fraction of sp³-hybridized carbons (Fsp3) is 0.541. The molecule has 4 rings (SSSR count). The molecule has 0 bridgehead atoms. The minimum Gasteiger partial charge on any atom is -0.481 e. The average molecular weight is 713 g/mol. The lowest BCUT2D eigenvalue weighted by atomic mass is 9.69. The molecule has 50 heavy (non-hydrogen) atoms. The highest BCUT2D eigenvalue weighted by atomic mass is 32.1. The van der Waals surface area contributed by atoms with Crippen molar-refractivity contribution in [1.82, 2.24) is 10.6 Å². The SMILES string of the molecule is CC(CCCNC(=S)NCCCC(C)(c1ccccc1)C1CC(O)(CC(=O)O)CC(=O)O1)(c1ccccc1)C1CC(O)(CC(=O)O)CC(=O)O1. The standard InChI is InChI=1S/C37H48N2O10S/c1-34(25-11-5-3-6-12-25,27-19-36(46,21-29(40)41)23-31(44)48-27)15-9-17-38-33(50)39-18-10-16-35(2,26-13-7-4-8-14-26)28-20-37(47,22-30(42)43)24-32(45)49-28/h3-8,11-14,27-28,46-47H,9-10,15-24H2,1-2H3,(H,40,41)(H,42,43)(H2,38,39,50). The Kier molecular flexibility index (Phi) is 12.6. The maximum atomic E-state index is 12.5. The van der Waals surface area contributed by atoms with Crippen molar-refractivity contribution in [1.29, 1.82) is 0 Å². The van der Waals surface area contributed by atoms with Gasteiger partial charge in [0, 0.05) is 36.8 Å². The summed E-state index contributed by atoms with van der Waals surface area (Å²) in [5.41, 5.74) is -2.99. The molecule has 2 saturated heterocycles. The molecule has 0 saturated carbocycles. The quantitative estimate of drug-likeness (QED) is 0.0839. The van der Waals surface area contributed by atoms with E-state index in [2.05, 4.69) is 10.6 Å². The summed E-state index contributed by atoms with van der Waals surface area (Å²) >= 11 is 5.54. The van der Waals surface area contributed by atoms with Gasteiger partial charge in [-0.05, 0) is 49.0 Å². The van der Waals surface area contributed by atoms with Crippen LogP contribution < -0.4 is 10.6 Å². The second-order valence-electron chi connectivity index (χ2n) is 14.3. The normalized spacial score (nSPS) is 26.0. The van der Waals surface area contributed by atoms with Crippen molar-refractivity contribution in [2.24, 2.45) is 0 Å². The third-order valence-electron chi connectivity index (χ3n) is 10.2. The highest BCUT2D eigenvalue weighted by Crippen LogP contribution is 2.43. The monoisotopic (exact) mass is 712 g/mol. The summed E-state index contributed by atoms with van der Waals surface area (Å²) in [5.74, 6) is -3.62. The number of hydrogen-bond donors (Lipinski definition) is 6. The molecular formula is C37H48N2O10S. The van der Waals surface area contributed by atoms with E-state index in [1.807, 2.05) is 74.5 Å². The number of carbonyl (C=O) groups is 4. The average Bonchev–Trinajstić information content (AvgIpc) is 3.03. The molecule has 0 spiro atoms. The summed E-state index contributed by atoms with van der Waals surface area (Å²) in [4.78, 5) is 48.0. The lowest BCUT2D eigenvalue weighted by Crippen LogP contribution is -2.52. The Morgan fingerprint density at radius 2 is 1.10 bits per heavy atom. The minimum absolute atomic E-state index is 0.00460. The second kappa shape index (κ2) is 16.3. The Morgan fingerprint density at radius 3 is 1.44 bits per heavy atom. The van der Waals surface area contributed by atoms with Crippen LogP contribution in [0.2, 0.25) is 0 Å². The zero-order valence-corrected chi connectivity index (χ0v) is 29.4. The van der Waals surface area contributed by atoms with Crippen molar-refractivity contribution in [3.05, 3.63) is 71.8 Å². The number of carboxylic acids is 2. The van der Waals surface area contributed by atoms with Crippen molar-refractivity contribution in [2.75, 3.05) is 13.1 Å². The number of thiocarbonyl (C=S) groups is 1. The third kappa shape index (κ3) is 10.0. The molecule has 2 aromatic carbocycles. The Bertz CT molecular complexity index is 1410. The number of cyclic esters (lactones) is 2. The van der Waals surface area contributed by atoms with Crippen LogP contribution in [0.15, 0.2) is 60.7 Å². The number of aliphatic carboxylic acids is 2. The van der Waals surface area contributed by atoms with E-state index in [1.165, 1.54) is 0 Å². The predicted molar refractivity (Wildman–Crippen MR) is 187 cm³/mol. The lowest BCUT2D eigenvalue weighted by Gasteiger charge is -2.44. The first-order chi connectivity index (χ1) is 23.6. The highest BCUT2D eigenvalue weighted by Gasteiger charge is 2.50. The van der Waals surface area contributed by atoms with Gasteiger partial charge < -0.3 is 40.5 Å². The molecule has 2 aliphatic heterocycles. The van der Waals surface area contributed by atoms with Gasteiger partial charge in [0.05, 0.1) is 36.9 Å². The third-order valence-corrected chi connectivity index (χ3v) is 10.5. The van der Waals surface area contributed by atoms with Crippen LogP contribution in [0.3, 0.4) is 0 Å². The van der Waals surface area contributed by atoms with Gasteiger partial charge in [0.2, 0.25) is 0 Å². The van der Waals surface area contributed by atoms with Crippen LogP contribution in [0, 0.1) is 0 Å². The number of aliphatic hydroxyl groups is 2. The maximum absolute atomic E-state index is 12.5. The first-order valence-corrected chi connectivity index (χ1v) is 17.4. The van der Waals surface area contributed by atoms with Crippen LogP contribution in [0.25, 0.3) is 0 Å². The summed E-state index contributed by atoms with van der Waals surface area (Å²) in [6.45, 7) is 4.91. The van der Waals surface area contributed by atoms with Gasteiger partial charge in [-0.15, -0.1) is 0 Å². The molecule has 0 aromatic heterocycles. The van der Waals surface area contributed by atoms with E-state index in [0.717, 1.165) is 11.1 Å². The van der Waals surface area contributed by atoms with Gasteiger partial charge in [-0.3, -0.25) is 19.2 Å². The molecule has 12 nitrogen and oxygen atoms in total. The van der Waals surface area contributed by atoms with E-state index in [4.69, 9.17) is 21.7 Å². The zero-order valence-electron chi connectivity index (χ0n) is 28.6. The van der Waals surface area contributed by atoms with E-state index in [0.29, 0.717) is 43.9 Å². The van der Waals surface area contributed by atoms with E-state index >= 15 is 0 Å². The fourth-order valence-corrected chi connectivity index (χ4v) is 7.60. The van der Waals surface area contributed by atoms with Crippen molar-refractivity contribution >= 4 is 41.2 Å². The fourth-order valence-electron chi connectivity index (χ4n) is 7.40. The first kappa shape index (κ1) is 38.7. The van der Waals surface area contributed by atoms with E-state index in [1.54, 1.807) is 0 Å². The summed E-state index contributed by atoms with van der Waals surface area (Å²) in [7, 11) is 0. The number of rotatable bonds is 16. The maximum Gasteiger partial charge on any atom is 0.309 e. The zero-order chi connectivity index (χ0) is 36.6. The van der Waals surface area contributed by atoms with Crippen LogP contribution in [0.1, 0.15) is 89.2 Å². The van der Waals surface area contributed by atoms with Gasteiger partial charge in [0.15, 0.2) is 5.11 Å². The second-order valence-corrected chi connectivity index (χ2v) is 14.7. The van der Waals surface area contributed by atoms with Crippen LogP contribution in [0.4, 0.5) is 0 Å². The Hall–Kier alpha value is -4.07. The van der Waals surface area contributed by atoms with Crippen molar-refractivity contribution in [3.63, 3.8) is 0 Å². The molecule has 0 amide bonds. The number of benzene rings is 2. The van der Waals surface area contributed by atoms with Gasteiger partial charge >= 0.3 is 23.9 Å². The summed E-state index contributed by atoms with van der Waals surface area (Å²) in [6, 6.07) is 19.0. The number of nitrogens with one attached hydrogen (secondary N) is 2. The predicted octanol–water partition coefficient (Wildman–Crippen LogP) is 3.75.